The van der Waals surface area contributed by atoms with Crippen molar-refractivity contribution >= 4 is 0 Å². The van der Waals surface area contributed by atoms with Gasteiger partial charge in [-0.2, -0.15) is 0 Å². The van der Waals surface area contributed by atoms with Crippen LogP contribution >= 0.6 is 0 Å². The van der Waals surface area contributed by atoms with E-state index in [1.54, 1.807) is 30.1 Å². The second-order valence-corrected chi connectivity index (χ2v) is 4.09. The molecule has 1 aromatic heterocycles. The molecule has 1 heterocycles. The predicted octanol–water partition coefficient (Wildman–Crippen LogP) is 1.21. The Bertz CT molecular complexity index is 541. The van der Waals surface area contributed by atoms with Gasteiger partial charge in [-0.25, -0.2) is 4.39 Å². The lowest BCUT2D eigenvalue weighted by Crippen LogP contribution is -2.14. The van der Waals surface area contributed by atoms with Gasteiger partial charge in [0.1, 0.15) is 0 Å². The highest BCUT2D eigenvalue weighted by Gasteiger charge is 2.12. The van der Waals surface area contributed by atoms with E-state index < -0.39 is 5.82 Å². The van der Waals surface area contributed by atoms with Crippen molar-refractivity contribution in [3.8, 4) is 5.75 Å². The molecule has 0 saturated heterocycles. The molecule has 0 saturated carbocycles. The Morgan fingerprint density at radius 1 is 1.50 bits per heavy atom. The number of hydrogen-bond donors (Lipinski definition) is 1. The molecule has 0 aliphatic heterocycles. The van der Waals surface area contributed by atoms with Crippen molar-refractivity contribution in [3.63, 3.8) is 0 Å². The topological polar surface area (TPSA) is 66.0 Å². The maximum absolute atomic E-state index is 13.3. The third kappa shape index (κ3) is 2.65. The number of nitrogens with two attached hydrogens (primary N) is 1. The number of benzene rings is 1. The average Bonchev–Trinajstić information content (AvgIpc) is 2.75. The highest BCUT2D eigenvalue weighted by atomic mass is 19.1. The van der Waals surface area contributed by atoms with Crippen LogP contribution in [0.3, 0.4) is 0 Å². The maximum Gasteiger partial charge on any atom is 0.165 e. The standard InChI is InChI=1S/C12H15FN4O/c1-17-7-9(15-16-17)6-11(14)8-3-4-10(13)12(5-8)18-2/h3-5,7,11H,6,14H2,1-2H3. The maximum atomic E-state index is 13.3. The van der Waals surface area contributed by atoms with Crippen molar-refractivity contribution in [2.24, 2.45) is 12.8 Å². The molecule has 2 aromatic rings. The zero-order chi connectivity index (χ0) is 13.1. The predicted molar refractivity (Wildman–Crippen MR) is 64.6 cm³/mol. The van der Waals surface area contributed by atoms with E-state index in [0.29, 0.717) is 6.42 Å². The number of methoxy groups -OCH3 is 1. The quantitative estimate of drug-likeness (QED) is 0.885. The van der Waals surface area contributed by atoms with E-state index in [0.717, 1.165) is 11.3 Å². The molecule has 0 fully saturated rings. The van der Waals surface area contributed by atoms with E-state index in [-0.39, 0.29) is 11.8 Å². The van der Waals surface area contributed by atoms with Crippen LogP contribution in [0, 0.1) is 5.82 Å². The average molecular weight is 250 g/mol. The van der Waals surface area contributed by atoms with Gasteiger partial charge in [0.15, 0.2) is 11.6 Å². The lowest BCUT2D eigenvalue weighted by atomic mass is 10.0. The largest absolute Gasteiger partial charge is 0.494 e. The van der Waals surface area contributed by atoms with Crippen LogP contribution in [0.1, 0.15) is 17.3 Å². The summed E-state index contributed by atoms with van der Waals surface area (Å²) in [6.45, 7) is 0. The Morgan fingerprint density at radius 3 is 2.89 bits per heavy atom. The molecular formula is C12H15FN4O. The number of rotatable bonds is 4. The van der Waals surface area contributed by atoms with Crippen LogP contribution in [0.2, 0.25) is 0 Å². The first kappa shape index (κ1) is 12.5. The van der Waals surface area contributed by atoms with Crippen LogP contribution in [0.5, 0.6) is 5.75 Å². The Labute approximate surface area is 104 Å². The van der Waals surface area contributed by atoms with Gasteiger partial charge >= 0.3 is 0 Å². The molecule has 1 unspecified atom stereocenters. The van der Waals surface area contributed by atoms with Crippen molar-refractivity contribution in [2.75, 3.05) is 7.11 Å². The molecule has 1 atom stereocenters. The van der Waals surface area contributed by atoms with Gasteiger partial charge in [0, 0.05) is 25.7 Å². The van der Waals surface area contributed by atoms with E-state index in [1.165, 1.54) is 13.2 Å². The molecular weight excluding hydrogens is 235 g/mol. The number of aryl methyl sites for hydroxylation is 1. The molecule has 2 N–H and O–H groups in total. The van der Waals surface area contributed by atoms with E-state index in [9.17, 15) is 4.39 Å². The fourth-order valence-electron chi connectivity index (χ4n) is 1.74. The lowest BCUT2D eigenvalue weighted by Gasteiger charge is -2.12. The van der Waals surface area contributed by atoms with E-state index in [2.05, 4.69) is 10.3 Å². The first-order valence-electron chi connectivity index (χ1n) is 5.54. The monoisotopic (exact) mass is 250 g/mol. The summed E-state index contributed by atoms with van der Waals surface area (Å²) in [5.41, 5.74) is 7.66. The van der Waals surface area contributed by atoms with Gasteiger partial charge in [-0.1, -0.05) is 11.3 Å². The molecule has 5 nitrogen and oxygen atoms in total. The van der Waals surface area contributed by atoms with Gasteiger partial charge in [0.05, 0.1) is 12.8 Å². The minimum atomic E-state index is -0.395. The molecule has 18 heavy (non-hydrogen) atoms. The highest BCUT2D eigenvalue weighted by Crippen LogP contribution is 2.23. The third-order valence-electron chi connectivity index (χ3n) is 2.68. The van der Waals surface area contributed by atoms with Gasteiger partial charge in [-0.3, -0.25) is 4.68 Å². The summed E-state index contributed by atoms with van der Waals surface area (Å²) >= 11 is 0. The highest BCUT2D eigenvalue weighted by molar-refractivity contribution is 5.32. The summed E-state index contributed by atoms with van der Waals surface area (Å²) < 4.78 is 19.8. The van der Waals surface area contributed by atoms with E-state index >= 15 is 0 Å². The van der Waals surface area contributed by atoms with E-state index in [1.807, 2.05) is 0 Å². The van der Waals surface area contributed by atoms with Crippen molar-refractivity contribution < 1.29 is 9.13 Å². The fourth-order valence-corrected chi connectivity index (χ4v) is 1.74. The second-order valence-electron chi connectivity index (χ2n) is 4.09. The minimum absolute atomic E-state index is 0.196. The van der Waals surface area contributed by atoms with Crippen LogP contribution in [-0.4, -0.2) is 22.1 Å². The molecule has 0 radical (unpaired) electrons. The molecule has 0 spiro atoms. The van der Waals surface area contributed by atoms with Crippen molar-refractivity contribution in [2.45, 2.75) is 12.5 Å². The Balaban J connectivity index is 2.15. The number of ether oxygens (including phenoxy) is 1. The third-order valence-corrected chi connectivity index (χ3v) is 2.68. The summed E-state index contributed by atoms with van der Waals surface area (Å²) in [5.74, 6) is -0.199. The van der Waals surface area contributed by atoms with Crippen LogP contribution in [0.25, 0.3) is 0 Å². The van der Waals surface area contributed by atoms with Crippen LogP contribution in [0.15, 0.2) is 24.4 Å². The molecule has 2 rings (SSSR count). The zero-order valence-corrected chi connectivity index (χ0v) is 10.3. The van der Waals surface area contributed by atoms with E-state index in [4.69, 9.17) is 10.5 Å². The number of aromatic nitrogens is 3. The Hall–Kier alpha value is -1.95. The first-order valence-corrected chi connectivity index (χ1v) is 5.54. The summed E-state index contributed by atoms with van der Waals surface area (Å²) in [6.07, 6.45) is 2.35. The number of nitrogens with zero attached hydrogens (tertiary/aromatic N) is 3. The summed E-state index contributed by atoms with van der Waals surface area (Å²) in [5, 5.41) is 7.81. The molecule has 0 bridgehead atoms. The minimum Gasteiger partial charge on any atom is -0.494 e. The molecule has 0 aliphatic carbocycles. The first-order chi connectivity index (χ1) is 8.60. The fraction of sp³-hybridized carbons (Fsp3) is 0.333. The zero-order valence-electron chi connectivity index (χ0n) is 10.3. The SMILES string of the molecule is COc1cc(C(N)Cc2cn(C)nn2)ccc1F. The number of hydrogen-bond acceptors (Lipinski definition) is 4. The second kappa shape index (κ2) is 5.14. The summed E-state index contributed by atoms with van der Waals surface area (Å²) in [7, 11) is 3.22. The summed E-state index contributed by atoms with van der Waals surface area (Å²) in [6, 6.07) is 4.34. The van der Waals surface area contributed by atoms with Gasteiger partial charge in [0.25, 0.3) is 0 Å². The molecule has 0 aliphatic rings. The van der Waals surface area contributed by atoms with Crippen LogP contribution in [-0.2, 0) is 13.5 Å². The van der Waals surface area contributed by atoms with Gasteiger partial charge in [-0.15, -0.1) is 5.10 Å². The van der Waals surface area contributed by atoms with Crippen LogP contribution < -0.4 is 10.5 Å². The van der Waals surface area contributed by atoms with Gasteiger partial charge in [-0.05, 0) is 17.7 Å². The molecule has 1 aromatic carbocycles. The van der Waals surface area contributed by atoms with Crippen molar-refractivity contribution in [1.29, 1.82) is 0 Å². The molecule has 0 amide bonds. The summed E-state index contributed by atoms with van der Waals surface area (Å²) in [4.78, 5) is 0. The van der Waals surface area contributed by atoms with Gasteiger partial charge in [0.2, 0.25) is 0 Å². The Kier molecular flexibility index (Phi) is 3.57. The molecule has 96 valence electrons. The Morgan fingerprint density at radius 2 is 2.28 bits per heavy atom. The van der Waals surface area contributed by atoms with Crippen molar-refractivity contribution in [1.82, 2.24) is 15.0 Å². The van der Waals surface area contributed by atoms with Gasteiger partial charge < -0.3 is 10.5 Å². The molecule has 6 heteroatoms. The van der Waals surface area contributed by atoms with Crippen molar-refractivity contribution in [3.05, 3.63) is 41.5 Å². The lowest BCUT2D eigenvalue weighted by molar-refractivity contribution is 0.385. The normalized spacial score (nSPS) is 12.4. The van der Waals surface area contributed by atoms with Crippen LogP contribution in [0.4, 0.5) is 4.39 Å². The number of halogens is 1. The smallest absolute Gasteiger partial charge is 0.165 e.